The molecule has 0 aliphatic carbocycles. The second-order valence-electron chi connectivity index (χ2n) is 6.52. The Labute approximate surface area is 127 Å². The molecule has 0 radical (unpaired) electrons. The monoisotopic (exact) mass is 286 g/mol. The number of hydrogen-bond donors (Lipinski definition) is 1. The predicted octanol–water partition coefficient (Wildman–Crippen LogP) is 3.33. The number of aromatic nitrogens is 3. The van der Waals surface area contributed by atoms with Gasteiger partial charge in [0.2, 0.25) is 0 Å². The minimum Gasteiger partial charge on any atom is -0.306 e. The molecule has 2 aromatic heterocycles. The number of pyridine rings is 1. The van der Waals surface area contributed by atoms with Gasteiger partial charge in [-0.05, 0) is 58.7 Å². The normalized spacial score (nSPS) is 11.9. The van der Waals surface area contributed by atoms with Crippen LogP contribution in [-0.4, -0.2) is 20.3 Å². The molecular formula is C17H26N4. The first-order valence-electron chi connectivity index (χ1n) is 7.57. The zero-order chi connectivity index (χ0) is 15.6. The lowest BCUT2D eigenvalue weighted by atomic mass is 10.1. The van der Waals surface area contributed by atoms with E-state index in [0.29, 0.717) is 0 Å². The highest BCUT2D eigenvalue weighted by Crippen LogP contribution is 2.18. The van der Waals surface area contributed by atoms with Gasteiger partial charge >= 0.3 is 0 Å². The van der Waals surface area contributed by atoms with Gasteiger partial charge in [0.1, 0.15) is 0 Å². The number of nitrogens with one attached hydrogen (secondary N) is 1. The molecule has 2 aromatic rings. The van der Waals surface area contributed by atoms with Crippen LogP contribution in [0.15, 0.2) is 18.3 Å². The van der Waals surface area contributed by atoms with Gasteiger partial charge in [-0.1, -0.05) is 6.92 Å². The first-order valence-corrected chi connectivity index (χ1v) is 7.57. The largest absolute Gasteiger partial charge is 0.306 e. The van der Waals surface area contributed by atoms with Crippen LogP contribution in [0, 0.1) is 13.8 Å². The summed E-state index contributed by atoms with van der Waals surface area (Å²) in [5.74, 6) is 0. The van der Waals surface area contributed by atoms with Gasteiger partial charge in [-0.2, -0.15) is 5.10 Å². The van der Waals surface area contributed by atoms with Crippen LogP contribution < -0.4 is 5.32 Å². The van der Waals surface area contributed by atoms with Crippen LogP contribution in [0.4, 0.5) is 0 Å². The van der Waals surface area contributed by atoms with E-state index >= 15 is 0 Å². The molecule has 4 nitrogen and oxygen atoms in total. The van der Waals surface area contributed by atoms with Crippen LogP contribution in [0.1, 0.15) is 50.3 Å². The molecule has 0 aliphatic rings. The molecule has 0 fully saturated rings. The van der Waals surface area contributed by atoms with Crippen LogP contribution in [0.2, 0.25) is 0 Å². The summed E-state index contributed by atoms with van der Waals surface area (Å²) in [7, 11) is 0. The summed E-state index contributed by atoms with van der Waals surface area (Å²) in [5, 5.41) is 8.14. The second kappa shape index (κ2) is 5.98. The molecule has 114 valence electrons. The third-order valence-electron chi connectivity index (χ3n) is 3.64. The van der Waals surface area contributed by atoms with Gasteiger partial charge in [-0.15, -0.1) is 0 Å². The van der Waals surface area contributed by atoms with E-state index in [1.165, 1.54) is 11.3 Å². The van der Waals surface area contributed by atoms with E-state index in [1.807, 2.05) is 16.9 Å². The Morgan fingerprint density at radius 1 is 1.24 bits per heavy atom. The summed E-state index contributed by atoms with van der Waals surface area (Å²) >= 11 is 0. The van der Waals surface area contributed by atoms with E-state index in [2.05, 4.69) is 63.0 Å². The van der Waals surface area contributed by atoms with E-state index in [1.54, 1.807) is 0 Å². The molecule has 21 heavy (non-hydrogen) atoms. The van der Waals surface area contributed by atoms with Crippen molar-refractivity contribution in [3.8, 4) is 5.69 Å². The summed E-state index contributed by atoms with van der Waals surface area (Å²) in [6, 6.07) is 4.12. The van der Waals surface area contributed by atoms with Gasteiger partial charge in [-0.25, -0.2) is 4.68 Å². The molecule has 2 heterocycles. The summed E-state index contributed by atoms with van der Waals surface area (Å²) in [4.78, 5) is 4.44. The van der Waals surface area contributed by atoms with Crippen LogP contribution in [0.25, 0.3) is 5.69 Å². The van der Waals surface area contributed by atoms with E-state index in [-0.39, 0.29) is 5.54 Å². The zero-order valence-corrected chi connectivity index (χ0v) is 14.0. The van der Waals surface area contributed by atoms with E-state index in [9.17, 15) is 0 Å². The molecular weight excluding hydrogens is 260 g/mol. The first-order chi connectivity index (χ1) is 9.81. The summed E-state index contributed by atoms with van der Waals surface area (Å²) < 4.78 is 2.02. The van der Waals surface area contributed by atoms with Crippen molar-refractivity contribution in [2.45, 2.75) is 60.0 Å². The maximum Gasteiger partial charge on any atom is 0.0682 e. The number of nitrogens with zero attached hydrogens (tertiary/aromatic N) is 3. The Balaban J connectivity index is 2.29. The third kappa shape index (κ3) is 3.70. The lowest BCUT2D eigenvalue weighted by Gasteiger charge is -2.20. The topological polar surface area (TPSA) is 42.7 Å². The van der Waals surface area contributed by atoms with Crippen molar-refractivity contribution in [2.24, 2.45) is 0 Å². The van der Waals surface area contributed by atoms with Crippen molar-refractivity contribution in [3.63, 3.8) is 0 Å². The van der Waals surface area contributed by atoms with E-state index < -0.39 is 0 Å². The molecule has 0 saturated heterocycles. The molecule has 4 heteroatoms. The average molecular weight is 286 g/mol. The number of aryl methyl sites for hydroxylation is 1. The molecule has 0 aromatic carbocycles. The Hall–Kier alpha value is -1.68. The Kier molecular flexibility index (Phi) is 4.47. The fraction of sp³-hybridized carbons (Fsp3) is 0.529. The fourth-order valence-electron chi connectivity index (χ4n) is 2.49. The molecule has 2 rings (SSSR count). The SMILES string of the molecule is CCc1c(C)nn(-c2ccnc(CNC(C)(C)C)c2)c1C. The van der Waals surface area contributed by atoms with Crippen molar-refractivity contribution in [1.82, 2.24) is 20.1 Å². The van der Waals surface area contributed by atoms with Crippen LogP contribution >= 0.6 is 0 Å². The highest BCUT2D eigenvalue weighted by atomic mass is 15.3. The predicted molar refractivity (Wildman–Crippen MR) is 86.8 cm³/mol. The van der Waals surface area contributed by atoms with Crippen LogP contribution in [0.5, 0.6) is 0 Å². The minimum absolute atomic E-state index is 0.0886. The molecule has 0 bridgehead atoms. The molecule has 0 atom stereocenters. The summed E-state index contributed by atoms with van der Waals surface area (Å²) in [5.41, 5.74) is 5.87. The molecule has 0 saturated carbocycles. The van der Waals surface area contributed by atoms with Crippen molar-refractivity contribution < 1.29 is 0 Å². The standard InChI is InChI=1S/C17H26N4/c1-7-16-12(2)20-21(13(16)3)15-8-9-18-14(10-15)11-19-17(4,5)6/h8-10,19H,7,11H2,1-6H3. The van der Waals surface area contributed by atoms with Crippen LogP contribution in [-0.2, 0) is 13.0 Å². The van der Waals surface area contributed by atoms with Crippen LogP contribution in [0.3, 0.4) is 0 Å². The van der Waals surface area contributed by atoms with Gasteiger partial charge in [-0.3, -0.25) is 4.98 Å². The number of rotatable bonds is 4. The highest BCUT2D eigenvalue weighted by Gasteiger charge is 2.13. The van der Waals surface area contributed by atoms with Gasteiger partial charge in [0.15, 0.2) is 0 Å². The van der Waals surface area contributed by atoms with Crippen molar-refractivity contribution in [2.75, 3.05) is 0 Å². The lowest BCUT2D eigenvalue weighted by molar-refractivity contribution is 0.421. The van der Waals surface area contributed by atoms with Crippen molar-refractivity contribution in [1.29, 1.82) is 0 Å². The van der Waals surface area contributed by atoms with Crippen molar-refractivity contribution in [3.05, 3.63) is 41.0 Å². The van der Waals surface area contributed by atoms with Crippen molar-refractivity contribution >= 4 is 0 Å². The maximum atomic E-state index is 4.67. The van der Waals surface area contributed by atoms with Gasteiger partial charge < -0.3 is 5.32 Å². The van der Waals surface area contributed by atoms with Gasteiger partial charge in [0, 0.05) is 24.0 Å². The molecule has 0 spiro atoms. The zero-order valence-electron chi connectivity index (χ0n) is 14.0. The second-order valence-corrected chi connectivity index (χ2v) is 6.52. The Morgan fingerprint density at radius 3 is 2.52 bits per heavy atom. The minimum atomic E-state index is 0.0886. The molecule has 0 aliphatic heterocycles. The van der Waals surface area contributed by atoms with E-state index in [0.717, 1.165) is 30.0 Å². The van der Waals surface area contributed by atoms with Gasteiger partial charge in [0.05, 0.1) is 17.1 Å². The molecule has 0 unspecified atom stereocenters. The van der Waals surface area contributed by atoms with Gasteiger partial charge in [0.25, 0.3) is 0 Å². The fourth-order valence-corrected chi connectivity index (χ4v) is 2.49. The first kappa shape index (κ1) is 15.7. The van der Waals surface area contributed by atoms with E-state index in [4.69, 9.17) is 0 Å². The third-order valence-corrected chi connectivity index (χ3v) is 3.64. The maximum absolute atomic E-state index is 4.67. The highest BCUT2D eigenvalue weighted by molar-refractivity contribution is 5.37. The number of hydrogen-bond acceptors (Lipinski definition) is 3. The Bertz CT molecular complexity index is 620. The summed E-state index contributed by atoms with van der Waals surface area (Å²) in [6.07, 6.45) is 2.87. The lowest BCUT2D eigenvalue weighted by Crippen LogP contribution is -2.35. The smallest absolute Gasteiger partial charge is 0.0682 e. The summed E-state index contributed by atoms with van der Waals surface area (Å²) in [6.45, 7) is 13.6. The average Bonchev–Trinajstić information content (AvgIpc) is 2.71. The molecule has 0 amide bonds. The Morgan fingerprint density at radius 2 is 1.95 bits per heavy atom. The molecule has 1 N–H and O–H groups in total. The quantitative estimate of drug-likeness (QED) is 0.937.